The summed E-state index contributed by atoms with van der Waals surface area (Å²) in [5.41, 5.74) is 8.43. The van der Waals surface area contributed by atoms with Crippen LogP contribution in [0.5, 0.6) is 17.2 Å². The van der Waals surface area contributed by atoms with Crippen LogP contribution in [0.3, 0.4) is 0 Å². The highest BCUT2D eigenvalue weighted by Crippen LogP contribution is 2.50. The first-order valence-corrected chi connectivity index (χ1v) is 9.59. The van der Waals surface area contributed by atoms with Gasteiger partial charge in [-0.15, -0.1) is 0 Å². The van der Waals surface area contributed by atoms with E-state index < -0.39 is 5.54 Å². The average molecular weight is 404 g/mol. The van der Waals surface area contributed by atoms with Gasteiger partial charge in [-0.2, -0.15) is 0 Å². The van der Waals surface area contributed by atoms with Crippen molar-refractivity contribution in [3.63, 3.8) is 0 Å². The van der Waals surface area contributed by atoms with Crippen molar-refractivity contribution < 1.29 is 19.0 Å². The molecular formula is C24H24N2O4. The Bertz CT molecular complexity index is 1060. The first kappa shape index (κ1) is 19.8. The first-order valence-electron chi connectivity index (χ1n) is 9.59. The molecule has 30 heavy (non-hydrogen) atoms. The summed E-state index contributed by atoms with van der Waals surface area (Å²) in [6.07, 6.45) is 0. The van der Waals surface area contributed by atoms with Crippen LogP contribution in [0.25, 0.3) is 0 Å². The quantitative estimate of drug-likeness (QED) is 0.681. The summed E-state index contributed by atoms with van der Waals surface area (Å²) in [6.45, 7) is 0.413. The van der Waals surface area contributed by atoms with E-state index in [-0.39, 0.29) is 5.91 Å². The van der Waals surface area contributed by atoms with Crippen LogP contribution >= 0.6 is 0 Å². The topological polar surface area (TPSA) is 74.0 Å². The lowest BCUT2D eigenvalue weighted by Crippen LogP contribution is -2.48. The maximum Gasteiger partial charge on any atom is 0.257 e. The molecule has 0 spiro atoms. The molecule has 0 aromatic heterocycles. The highest BCUT2D eigenvalue weighted by Gasteiger charge is 2.52. The fourth-order valence-corrected chi connectivity index (χ4v) is 4.04. The molecule has 1 aliphatic rings. The summed E-state index contributed by atoms with van der Waals surface area (Å²) < 4.78 is 16.6. The molecule has 6 nitrogen and oxygen atoms in total. The number of amides is 1. The second kappa shape index (κ2) is 7.72. The lowest BCUT2D eigenvalue weighted by Gasteiger charge is -2.28. The number of nitrogens with zero attached hydrogens (tertiary/aromatic N) is 1. The molecule has 0 aliphatic carbocycles. The Morgan fingerprint density at radius 2 is 1.47 bits per heavy atom. The number of hydrogen-bond donors (Lipinski definition) is 1. The molecule has 0 saturated heterocycles. The molecule has 1 aliphatic heterocycles. The molecule has 1 atom stereocenters. The van der Waals surface area contributed by atoms with E-state index in [0.29, 0.717) is 34.9 Å². The molecule has 0 bridgehead atoms. The second-order valence-electron chi connectivity index (χ2n) is 7.11. The molecule has 0 saturated carbocycles. The third-order valence-corrected chi connectivity index (χ3v) is 5.50. The molecule has 4 rings (SSSR count). The number of methoxy groups -OCH3 is 3. The minimum atomic E-state index is -1.46. The van der Waals surface area contributed by atoms with Gasteiger partial charge >= 0.3 is 0 Å². The summed E-state index contributed by atoms with van der Waals surface area (Å²) in [7, 11) is 4.63. The van der Waals surface area contributed by atoms with E-state index in [0.717, 1.165) is 11.3 Å². The number of anilines is 1. The van der Waals surface area contributed by atoms with Gasteiger partial charge < -0.3 is 24.8 Å². The molecule has 0 fully saturated rings. The number of hydrogen-bond acceptors (Lipinski definition) is 5. The number of rotatable bonds is 6. The van der Waals surface area contributed by atoms with E-state index in [1.807, 2.05) is 54.6 Å². The van der Waals surface area contributed by atoms with Gasteiger partial charge in [0.05, 0.1) is 39.1 Å². The van der Waals surface area contributed by atoms with Crippen LogP contribution in [0.4, 0.5) is 5.69 Å². The van der Waals surface area contributed by atoms with Gasteiger partial charge in [0.1, 0.15) is 17.2 Å². The Labute approximate surface area is 175 Å². The zero-order valence-electron chi connectivity index (χ0n) is 17.2. The van der Waals surface area contributed by atoms with Crippen LogP contribution in [0.15, 0.2) is 66.7 Å². The number of carbonyl (C=O) groups is 1. The zero-order valence-corrected chi connectivity index (χ0v) is 17.2. The van der Waals surface area contributed by atoms with Gasteiger partial charge in [0.15, 0.2) is 5.54 Å². The zero-order chi connectivity index (χ0) is 21.3. The Morgan fingerprint density at radius 3 is 2.07 bits per heavy atom. The van der Waals surface area contributed by atoms with E-state index in [4.69, 9.17) is 19.9 Å². The van der Waals surface area contributed by atoms with Crippen LogP contribution in [-0.4, -0.2) is 27.2 Å². The Morgan fingerprint density at radius 1 is 0.867 bits per heavy atom. The fourth-order valence-electron chi connectivity index (χ4n) is 4.04. The maximum absolute atomic E-state index is 13.8. The first-order chi connectivity index (χ1) is 14.5. The number of ether oxygens (including phenoxy) is 3. The Kier molecular flexibility index (Phi) is 5.10. The van der Waals surface area contributed by atoms with Crippen molar-refractivity contribution in [2.45, 2.75) is 12.1 Å². The van der Waals surface area contributed by atoms with Gasteiger partial charge in [-0.1, -0.05) is 48.5 Å². The molecule has 3 aromatic rings. The minimum Gasteiger partial charge on any atom is -0.496 e. The Balaban J connectivity index is 1.91. The average Bonchev–Trinajstić information content (AvgIpc) is 3.01. The monoisotopic (exact) mass is 404 g/mol. The molecular weight excluding hydrogens is 380 g/mol. The van der Waals surface area contributed by atoms with Gasteiger partial charge in [-0.05, 0) is 11.6 Å². The molecule has 154 valence electrons. The largest absolute Gasteiger partial charge is 0.496 e. The SMILES string of the molecule is COc1cc(OC)c([C@@]2(N)C(=O)N(Cc3ccccc3)c3ccccc32)c(OC)c1. The van der Waals surface area contributed by atoms with E-state index in [2.05, 4.69) is 0 Å². The van der Waals surface area contributed by atoms with Crippen molar-refractivity contribution in [1.29, 1.82) is 0 Å². The van der Waals surface area contributed by atoms with Crippen LogP contribution in [-0.2, 0) is 16.9 Å². The number of nitrogens with two attached hydrogens (primary N) is 1. The van der Waals surface area contributed by atoms with Gasteiger partial charge in [-0.25, -0.2) is 0 Å². The summed E-state index contributed by atoms with van der Waals surface area (Å²) in [5.74, 6) is 1.17. The van der Waals surface area contributed by atoms with Gasteiger partial charge in [0.2, 0.25) is 0 Å². The van der Waals surface area contributed by atoms with E-state index >= 15 is 0 Å². The van der Waals surface area contributed by atoms with Gasteiger partial charge in [-0.3, -0.25) is 4.79 Å². The molecule has 0 radical (unpaired) electrons. The third kappa shape index (κ3) is 2.97. The van der Waals surface area contributed by atoms with Crippen molar-refractivity contribution in [2.24, 2.45) is 5.73 Å². The van der Waals surface area contributed by atoms with Crippen molar-refractivity contribution in [3.8, 4) is 17.2 Å². The smallest absolute Gasteiger partial charge is 0.257 e. The molecule has 0 unspecified atom stereocenters. The highest BCUT2D eigenvalue weighted by atomic mass is 16.5. The number of benzene rings is 3. The van der Waals surface area contributed by atoms with Crippen LogP contribution in [0, 0.1) is 0 Å². The standard InChI is InChI=1S/C24H24N2O4/c1-28-17-13-20(29-2)22(21(14-17)30-3)24(25)18-11-7-8-12-19(18)26(23(24)27)15-16-9-5-4-6-10-16/h4-14H,15,25H2,1-3H3/t24-/m1/s1. The lowest BCUT2D eigenvalue weighted by molar-refractivity contribution is -0.122. The second-order valence-corrected chi connectivity index (χ2v) is 7.11. The van der Waals surface area contributed by atoms with Crippen LogP contribution < -0.4 is 24.8 Å². The van der Waals surface area contributed by atoms with Crippen LogP contribution in [0.2, 0.25) is 0 Å². The van der Waals surface area contributed by atoms with Crippen molar-refractivity contribution >= 4 is 11.6 Å². The number of fused-ring (bicyclic) bond motifs is 1. The van der Waals surface area contributed by atoms with Crippen molar-refractivity contribution in [1.82, 2.24) is 0 Å². The number of carbonyl (C=O) groups excluding carboxylic acids is 1. The van der Waals surface area contributed by atoms with Crippen molar-refractivity contribution in [2.75, 3.05) is 26.2 Å². The predicted octanol–water partition coefficient (Wildman–Crippen LogP) is 3.46. The predicted molar refractivity (Wildman–Crippen MR) is 115 cm³/mol. The minimum absolute atomic E-state index is 0.241. The molecule has 1 amide bonds. The maximum atomic E-state index is 13.8. The number of para-hydroxylation sites is 1. The van der Waals surface area contributed by atoms with Gasteiger partial charge in [0.25, 0.3) is 5.91 Å². The van der Waals surface area contributed by atoms with Crippen LogP contribution in [0.1, 0.15) is 16.7 Å². The van der Waals surface area contributed by atoms with Gasteiger partial charge in [0, 0.05) is 17.7 Å². The highest BCUT2D eigenvalue weighted by molar-refractivity contribution is 6.10. The fraction of sp³-hybridized carbons (Fsp3) is 0.208. The third-order valence-electron chi connectivity index (χ3n) is 5.50. The summed E-state index contributed by atoms with van der Waals surface area (Å²) >= 11 is 0. The molecule has 2 N–H and O–H groups in total. The summed E-state index contributed by atoms with van der Waals surface area (Å²) in [5, 5.41) is 0. The van der Waals surface area contributed by atoms with E-state index in [1.165, 1.54) is 14.2 Å². The Hall–Kier alpha value is -3.51. The molecule has 3 aromatic carbocycles. The van der Waals surface area contributed by atoms with E-state index in [1.54, 1.807) is 24.1 Å². The normalized spacial score (nSPS) is 17.6. The molecule has 1 heterocycles. The molecule has 6 heteroatoms. The summed E-state index contributed by atoms with van der Waals surface area (Å²) in [4.78, 5) is 15.6. The lowest BCUT2D eigenvalue weighted by atomic mass is 9.83. The van der Waals surface area contributed by atoms with Crippen molar-refractivity contribution in [3.05, 3.63) is 83.4 Å². The summed E-state index contributed by atoms with van der Waals surface area (Å²) in [6, 6.07) is 20.8. The van der Waals surface area contributed by atoms with E-state index in [9.17, 15) is 4.79 Å².